The van der Waals surface area contributed by atoms with Gasteiger partial charge in [0.1, 0.15) is 5.69 Å². The van der Waals surface area contributed by atoms with Crippen LogP contribution in [0.15, 0.2) is 47.2 Å². The zero-order valence-corrected chi connectivity index (χ0v) is 16.3. The van der Waals surface area contributed by atoms with Gasteiger partial charge in [0, 0.05) is 25.0 Å². The molecule has 5 rings (SSSR count). The predicted octanol–water partition coefficient (Wildman–Crippen LogP) is 3.29. The van der Waals surface area contributed by atoms with Crippen LogP contribution in [0.4, 0.5) is 5.95 Å². The Morgan fingerprint density at radius 1 is 1.07 bits per heavy atom. The molecule has 0 unspecified atom stereocenters. The third kappa shape index (κ3) is 2.88. The van der Waals surface area contributed by atoms with E-state index in [-0.39, 0.29) is 11.4 Å². The summed E-state index contributed by atoms with van der Waals surface area (Å²) in [6, 6.07) is 10.4. The van der Waals surface area contributed by atoms with E-state index in [1.165, 1.54) is 5.56 Å². The molecule has 2 N–H and O–H groups in total. The summed E-state index contributed by atoms with van der Waals surface area (Å²) in [5, 5.41) is 8.71. The maximum atomic E-state index is 5.60. The van der Waals surface area contributed by atoms with E-state index in [0.29, 0.717) is 5.89 Å². The molecule has 4 aromatic rings. The molecular formula is C21H21N7O. The van der Waals surface area contributed by atoms with Crippen LogP contribution in [0.2, 0.25) is 0 Å². The fraction of sp³-hybridized carbons (Fsp3) is 0.286. The lowest BCUT2D eigenvalue weighted by molar-refractivity contribution is 0.273. The number of rotatable bonds is 4. The molecule has 0 aliphatic heterocycles. The highest BCUT2D eigenvalue weighted by Crippen LogP contribution is 2.48. The second-order valence-corrected chi connectivity index (χ2v) is 7.56. The fourth-order valence-electron chi connectivity index (χ4n) is 3.97. The first kappa shape index (κ1) is 17.5. The Kier molecular flexibility index (Phi) is 3.94. The first-order valence-corrected chi connectivity index (χ1v) is 9.59. The zero-order valence-electron chi connectivity index (χ0n) is 16.3. The quantitative estimate of drug-likeness (QED) is 0.572. The molecule has 8 heteroatoms. The summed E-state index contributed by atoms with van der Waals surface area (Å²) in [5.41, 5.74) is 10.3. The number of hydrogen-bond acceptors (Lipinski definition) is 7. The van der Waals surface area contributed by atoms with Gasteiger partial charge < -0.3 is 10.3 Å². The monoisotopic (exact) mass is 387 g/mol. The van der Waals surface area contributed by atoms with E-state index in [1.54, 1.807) is 17.1 Å². The van der Waals surface area contributed by atoms with Crippen LogP contribution in [0.25, 0.3) is 22.7 Å². The lowest BCUT2D eigenvalue weighted by atomic mass is 9.64. The third-order valence-corrected chi connectivity index (χ3v) is 5.72. The molecule has 0 radical (unpaired) electrons. The van der Waals surface area contributed by atoms with Gasteiger partial charge in [0.05, 0.1) is 11.1 Å². The lowest BCUT2D eigenvalue weighted by Gasteiger charge is -2.39. The number of nitrogens with zero attached hydrogens (tertiary/aromatic N) is 6. The average Bonchev–Trinajstić information content (AvgIpc) is 3.29. The molecule has 0 spiro atoms. The maximum absolute atomic E-state index is 5.60. The summed E-state index contributed by atoms with van der Waals surface area (Å²) >= 11 is 0. The van der Waals surface area contributed by atoms with E-state index >= 15 is 0 Å². The highest BCUT2D eigenvalue weighted by Gasteiger charge is 2.44. The molecule has 0 atom stereocenters. The predicted molar refractivity (Wildman–Crippen MR) is 108 cm³/mol. The molecule has 0 bridgehead atoms. The van der Waals surface area contributed by atoms with E-state index in [2.05, 4.69) is 44.5 Å². The smallest absolute Gasteiger partial charge is 0.276 e. The Morgan fingerprint density at radius 2 is 1.79 bits per heavy atom. The molecule has 8 nitrogen and oxygen atoms in total. The second kappa shape index (κ2) is 6.51. The van der Waals surface area contributed by atoms with Gasteiger partial charge in [-0.1, -0.05) is 35.8 Å². The third-order valence-electron chi connectivity index (χ3n) is 5.72. The number of hydrogen-bond donors (Lipinski definition) is 1. The van der Waals surface area contributed by atoms with Gasteiger partial charge in [0.25, 0.3) is 5.89 Å². The van der Waals surface area contributed by atoms with E-state index in [4.69, 9.17) is 15.2 Å². The minimum Gasteiger partial charge on any atom is -0.368 e. The number of nitrogens with two attached hydrogens (primary N) is 1. The van der Waals surface area contributed by atoms with E-state index < -0.39 is 0 Å². The standard InChI is InChI=1S/C21H21N7O/c1-13-10-17(28(2)26-13)18-25-19(27-29-18)21(8-3-9-21)16-6-4-14(5-7-16)15-11-23-20(22)24-12-15/h4-7,10-12H,3,8-9H2,1-2H3,(H2,22,23,24). The molecule has 0 amide bonds. The SMILES string of the molecule is Cc1cc(-c2nc(C3(c4ccc(-c5cnc(N)nc5)cc4)CCC3)no2)n(C)n1. The van der Waals surface area contributed by atoms with Gasteiger partial charge in [-0.2, -0.15) is 10.1 Å². The van der Waals surface area contributed by atoms with Gasteiger partial charge in [0.2, 0.25) is 5.95 Å². The molecular weight excluding hydrogens is 366 g/mol. The Hall–Kier alpha value is -3.55. The minimum absolute atomic E-state index is 0.203. The average molecular weight is 387 g/mol. The van der Waals surface area contributed by atoms with E-state index in [0.717, 1.165) is 47.6 Å². The molecule has 29 heavy (non-hydrogen) atoms. The highest BCUT2D eigenvalue weighted by molar-refractivity contribution is 5.63. The van der Waals surface area contributed by atoms with Crippen molar-refractivity contribution in [2.24, 2.45) is 7.05 Å². The summed E-state index contributed by atoms with van der Waals surface area (Å²) < 4.78 is 7.37. The number of anilines is 1. The van der Waals surface area contributed by atoms with Gasteiger partial charge >= 0.3 is 0 Å². The molecule has 1 saturated carbocycles. The Morgan fingerprint density at radius 3 is 2.38 bits per heavy atom. The summed E-state index contributed by atoms with van der Waals surface area (Å²) in [5.74, 6) is 1.52. The Labute approximate surface area is 167 Å². The zero-order chi connectivity index (χ0) is 20.0. The van der Waals surface area contributed by atoms with Crippen LogP contribution >= 0.6 is 0 Å². The molecule has 1 aromatic carbocycles. The van der Waals surface area contributed by atoms with Gasteiger partial charge in [-0.05, 0) is 37.0 Å². The first-order chi connectivity index (χ1) is 14.0. The topological polar surface area (TPSA) is 109 Å². The van der Waals surface area contributed by atoms with Crippen LogP contribution in [0.1, 0.15) is 36.3 Å². The van der Waals surface area contributed by atoms with Crippen molar-refractivity contribution in [3.63, 3.8) is 0 Å². The molecule has 3 aromatic heterocycles. The Bertz CT molecular complexity index is 1150. The summed E-state index contributed by atoms with van der Waals surface area (Å²) in [6.07, 6.45) is 6.61. The lowest BCUT2D eigenvalue weighted by Crippen LogP contribution is -2.36. The van der Waals surface area contributed by atoms with Gasteiger partial charge in [-0.3, -0.25) is 4.68 Å². The Balaban J connectivity index is 1.48. The maximum Gasteiger partial charge on any atom is 0.276 e. The normalized spacial score (nSPS) is 15.2. The van der Waals surface area contributed by atoms with Crippen molar-refractivity contribution in [1.82, 2.24) is 29.9 Å². The fourth-order valence-corrected chi connectivity index (χ4v) is 3.97. The van der Waals surface area contributed by atoms with Crippen molar-refractivity contribution < 1.29 is 4.52 Å². The van der Waals surface area contributed by atoms with Gasteiger partial charge in [-0.25, -0.2) is 9.97 Å². The van der Waals surface area contributed by atoms with Crippen molar-refractivity contribution in [2.75, 3.05) is 5.73 Å². The molecule has 1 fully saturated rings. The summed E-state index contributed by atoms with van der Waals surface area (Å²) in [6.45, 7) is 1.95. The molecule has 146 valence electrons. The van der Waals surface area contributed by atoms with Crippen molar-refractivity contribution in [2.45, 2.75) is 31.6 Å². The molecule has 3 heterocycles. The van der Waals surface area contributed by atoms with Crippen molar-refractivity contribution in [3.05, 3.63) is 59.8 Å². The molecule has 1 aliphatic carbocycles. The van der Waals surface area contributed by atoms with Crippen molar-refractivity contribution >= 4 is 5.95 Å². The van der Waals surface area contributed by atoms with Crippen LogP contribution in [-0.4, -0.2) is 29.9 Å². The van der Waals surface area contributed by atoms with Gasteiger partial charge in [-0.15, -0.1) is 0 Å². The van der Waals surface area contributed by atoms with E-state index in [9.17, 15) is 0 Å². The molecule has 1 aliphatic rings. The number of aryl methyl sites for hydroxylation is 2. The van der Waals surface area contributed by atoms with Crippen LogP contribution in [-0.2, 0) is 12.5 Å². The van der Waals surface area contributed by atoms with E-state index in [1.807, 2.05) is 20.0 Å². The summed E-state index contributed by atoms with van der Waals surface area (Å²) in [4.78, 5) is 12.9. The summed E-state index contributed by atoms with van der Waals surface area (Å²) in [7, 11) is 1.88. The number of benzene rings is 1. The van der Waals surface area contributed by atoms with Crippen LogP contribution < -0.4 is 5.73 Å². The van der Waals surface area contributed by atoms with Crippen LogP contribution in [0, 0.1) is 6.92 Å². The highest BCUT2D eigenvalue weighted by atomic mass is 16.5. The van der Waals surface area contributed by atoms with Gasteiger partial charge in [0.15, 0.2) is 5.82 Å². The second-order valence-electron chi connectivity index (χ2n) is 7.56. The first-order valence-electron chi connectivity index (χ1n) is 9.59. The van der Waals surface area contributed by atoms with Crippen LogP contribution in [0.5, 0.6) is 0 Å². The molecule has 0 saturated heterocycles. The number of nitrogen functional groups attached to an aromatic ring is 1. The van der Waals surface area contributed by atoms with Crippen molar-refractivity contribution in [3.8, 4) is 22.7 Å². The minimum atomic E-state index is -0.203. The van der Waals surface area contributed by atoms with Crippen LogP contribution in [0.3, 0.4) is 0 Å². The van der Waals surface area contributed by atoms with Crippen molar-refractivity contribution in [1.29, 1.82) is 0 Å². The number of aromatic nitrogens is 6. The largest absolute Gasteiger partial charge is 0.368 e.